The van der Waals surface area contributed by atoms with E-state index in [9.17, 15) is 9.59 Å². The molecular weight excluding hydrogens is 442 g/mol. The van der Waals surface area contributed by atoms with Crippen molar-refractivity contribution in [2.75, 3.05) is 38.2 Å². The highest BCUT2D eigenvalue weighted by molar-refractivity contribution is 5.91. The third kappa shape index (κ3) is 6.68. The molecule has 0 radical (unpaired) electrons. The highest BCUT2D eigenvalue weighted by atomic mass is 16.5. The zero-order chi connectivity index (χ0) is 24.6. The van der Waals surface area contributed by atoms with Gasteiger partial charge in [0.15, 0.2) is 11.5 Å². The molecule has 5 rings (SSSR count). The third-order valence-electron chi connectivity index (χ3n) is 6.93. The molecule has 2 amide bonds. The summed E-state index contributed by atoms with van der Waals surface area (Å²) < 4.78 is 11.7. The second-order valence-electron chi connectivity index (χ2n) is 9.49. The number of piperazine rings is 1. The van der Waals surface area contributed by atoms with Gasteiger partial charge in [0.1, 0.15) is 6.04 Å². The molecule has 3 aliphatic rings. The number of ether oxygens (including phenoxy) is 2. The van der Waals surface area contributed by atoms with Crippen molar-refractivity contribution in [3.63, 3.8) is 0 Å². The van der Waals surface area contributed by atoms with Gasteiger partial charge in [-0.15, -0.1) is 0 Å². The summed E-state index contributed by atoms with van der Waals surface area (Å²) in [5.41, 5.74) is 2.41. The van der Waals surface area contributed by atoms with Crippen molar-refractivity contribution >= 4 is 17.5 Å². The van der Waals surface area contributed by atoms with Gasteiger partial charge in [-0.2, -0.15) is 0 Å². The number of hydrogen-bond donors (Lipinski definition) is 1. The van der Waals surface area contributed by atoms with E-state index in [4.69, 9.17) is 9.47 Å². The Morgan fingerprint density at radius 3 is 2.23 bits per heavy atom. The van der Waals surface area contributed by atoms with E-state index in [-0.39, 0.29) is 24.0 Å². The molecule has 2 aliphatic heterocycles. The van der Waals surface area contributed by atoms with Gasteiger partial charge in [-0.3, -0.25) is 9.59 Å². The van der Waals surface area contributed by atoms with Crippen LogP contribution in [0.4, 0.5) is 5.69 Å². The van der Waals surface area contributed by atoms with Crippen LogP contribution in [0.2, 0.25) is 0 Å². The van der Waals surface area contributed by atoms with Crippen LogP contribution in [-0.4, -0.2) is 62.1 Å². The normalized spacial score (nSPS) is 20.2. The summed E-state index contributed by atoms with van der Waals surface area (Å²) in [6, 6.07) is 16.0. The number of benzene rings is 2. The number of rotatable bonds is 5. The second kappa shape index (κ2) is 12.0. The molecule has 0 spiro atoms. The van der Waals surface area contributed by atoms with Crippen LogP contribution in [0.3, 0.4) is 0 Å². The lowest BCUT2D eigenvalue weighted by atomic mass is 10.1. The summed E-state index contributed by atoms with van der Waals surface area (Å²) in [6.45, 7) is 4.94. The Morgan fingerprint density at radius 1 is 0.943 bits per heavy atom. The molecule has 2 heterocycles. The molecule has 0 aromatic heterocycles. The van der Waals surface area contributed by atoms with Crippen LogP contribution in [0.15, 0.2) is 48.5 Å². The summed E-state index contributed by atoms with van der Waals surface area (Å²) in [6.07, 6.45) is 6.00. The largest absolute Gasteiger partial charge is 0.493 e. The molecule has 7 heteroatoms. The molecular formula is C28H37N3O4. The highest BCUT2D eigenvalue weighted by Crippen LogP contribution is 2.35. The number of nitrogens with zero attached hydrogens (tertiary/aromatic N) is 2. The molecule has 1 N–H and O–H groups in total. The number of nitrogens with one attached hydrogen (secondary N) is 1. The Morgan fingerprint density at radius 2 is 1.66 bits per heavy atom. The number of anilines is 1. The lowest BCUT2D eigenvalue weighted by Crippen LogP contribution is -2.53. The molecule has 188 valence electrons. The van der Waals surface area contributed by atoms with E-state index in [0.717, 1.165) is 43.1 Å². The average molecular weight is 480 g/mol. The maximum absolute atomic E-state index is 12.6. The second-order valence-corrected chi connectivity index (χ2v) is 9.49. The minimum Gasteiger partial charge on any atom is -0.493 e. The van der Waals surface area contributed by atoms with Gasteiger partial charge in [0, 0.05) is 44.4 Å². The summed E-state index contributed by atoms with van der Waals surface area (Å²) in [4.78, 5) is 28.1. The lowest BCUT2D eigenvalue weighted by Gasteiger charge is -2.37. The van der Waals surface area contributed by atoms with Crippen molar-refractivity contribution in [1.29, 1.82) is 0 Å². The Hall–Kier alpha value is -3.22. The first-order valence-electron chi connectivity index (χ1n) is 12.7. The molecule has 0 bridgehead atoms. The van der Waals surface area contributed by atoms with Crippen molar-refractivity contribution in [1.82, 2.24) is 10.2 Å². The first kappa shape index (κ1) is 24.9. The van der Waals surface area contributed by atoms with Gasteiger partial charge >= 0.3 is 0 Å². The van der Waals surface area contributed by atoms with E-state index >= 15 is 0 Å². The zero-order valence-corrected chi connectivity index (χ0v) is 20.9. The van der Waals surface area contributed by atoms with E-state index in [2.05, 4.69) is 41.4 Å². The van der Waals surface area contributed by atoms with E-state index in [1.54, 1.807) is 7.11 Å². The van der Waals surface area contributed by atoms with E-state index in [1.807, 2.05) is 29.2 Å². The molecule has 35 heavy (non-hydrogen) atoms. The van der Waals surface area contributed by atoms with Crippen molar-refractivity contribution in [2.45, 2.75) is 57.6 Å². The molecule has 1 atom stereocenters. The SMILES string of the molecule is COc1ccc(N2CCN(C(=O)C3CCC(=O)N3)CC2)cc1OC1CCCC1.Cc1ccccc1. The van der Waals surface area contributed by atoms with E-state index in [0.29, 0.717) is 25.9 Å². The molecule has 2 saturated heterocycles. The summed E-state index contributed by atoms with van der Waals surface area (Å²) >= 11 is 0. The van der Waals surface area contributed by atoms with Gasteiger partial charge < -0.3 is 24.6 Å². The predicted molar refractivity (Wildman–Crippen MR) is 137 cm³/mol. The van der Waals surface area contributed by atoms with Gasteiger partial charge in [-0.1, -0.05) is 35.9 Å². The van der Waals surface area contributed by atoms with Gasteiger partial charge in [0.25, 0.3) is 0 Å². The monoisotopic (exact) mass is 479 g/mol. The van der Waals surface area contributed by atoms with Crippen molar-refractivity contribution in [2.24, 2.45) is 0 Å². The molecule has 3 fully saturated rings. The minimum absolute atomic E-state index is 0.0231. The Bertz CT molecular complexity index is 983. The fourth-order valence-electron chi connectivity index (χ4n) is 4.88. The maximum atomic E-state index is 12.6. The summed E-state index contributed by atoms with van der Waals surface area (Å²) in [5, 5.41) is 2.77. The van der Waals surface area contributed by atoms with Crippen LogP contribution < -0.4 is 19.7 Å². The number of carbonyl (C=O) groups is 2. The third-order valence-corrected chi connectivity index (χ3v) is 6.93. The quantitative estimate of drug-likeness (QED) is 0.704. The molecule has 1 unspecified atom stereocenters. The van der Waals surface area contributed by atoms with Crippen LogP contribution in [0.25, 0.3) is 0 Å². The number of methoxy groups -OCH3 is 1. The fourth-order valence-corrected chi connectivity index (χ4v) is 4.88. The average Bonchev–Trinajstić information content (AvgIpc) is 3.56. The first-order valence-corrected chi connectivity index (χ1v) is 12.7. The number of amides is 2. The van der Waals surface area contributed by atoms with Crippen LogP contribution in [0.5, 0.6) is 11.5 Å². The lowest BCUT2D eigenvalue weighted by molar-refractivity contribution is -0.134. The Balaban J connectivity index is 0.000000356. The van der Waals surface area contributed by atoms with Crippen molar-refractivity contribution < 1.29 is 19.1 Å². The maximum Gasteiger partial charge on any atom is 0.245 e. The molecule has 1 saturated carbocycles. The van der Waals surface area contributed by atoms with Crippen molar-refractivity contribution in [3.8, 4) is 11.5 Å². The molecule has 7 nitrogen and oxygen atoms in total. The van der Waals surface area contributed by atoms with Gasteiger partial charge in [-0.25, -0.2) is 0 Å². The Kier molecular flexibility index (Phi) is 8.50. The number of hydrogen-bond acceptors (Lipinski definition) is 5. The summed E-state index contributed by atoms with van der Waals surface area (Å²) in [5.74, 6) is 1.59. The van der Waals surface area contributed by atoms with Crippen molar-refractivity contribution in [3.05, 3.63) is 54.1 Å². The van der Waals surface area contributed by atoms with Gasteiger partial charge in [0.2, 0.25) is 11.8 Å². The number of carbonyl (C=O) groups excluding carboxylic acids is 2. The first-order chi connectivity index (χ1) is 17.0. The molecule has 2 aromatic rings. The Labute approximate surface area is 208 Å². The van der Waals surface area contributed by atoms with E-state index in [1.165, 1.54) is 18.4 Å². The minimum atomic E-state index is -0.341. The predicted octanol–water partition coefficient (Wildman–Crippen LogP) is 3.94. The molecule has 2 aromatic carbocycles. The molecule has 1 aliphatic carbocycles. The standard InChI is InChI=1S/C21H29N3O4.C7H8/c1-27-18-8-6-15(14-19(18)28-16-4-2-3-5-16)23-10-12-24(13-11-23)21(26)17-7-9-20(25)22-17;1-7-5-3-2-4-6-7/h6,8,14,16-17H,2-5,7,9-13H2,1H3,(H,22,25);2-6H,1H3. The summed E-state index contributed by atoms with van der Waals surface area (Å²) in [7, 11) is 1.67. The highest BCUT2D eigenvalue weighted by Gasteiger charge is 2.32. The van der Waals surface area contributed by atoms with E-state index < -0.39 is 0 Å². The van der Waals surface area contributed by atoms with Crippen LogP contribution in [0, 0.1) is 6.92 Å². The van der Waals surface area contributed by atoms with Crippen LogP contribution in [0.1, 0.15) is 44.1 Å². The van der Waals surface area contributed by atoms with Gasteiger partial charge in [0.05, 0.1) is 13.2 Å². The fraction of sp³-hybridized carbons (Fsp3) is 0.500. The topological polar surface area (TPSA) is 71.1 Å². The van der Waals surface area contributed by atoms with Gasteiger partial charge in [-0.05, 0) is 51.2 Å². The van der Waals surface area contributed by atoms with Crippen LogP contribution in [-0.2, 0) is 9.59 Å². The van der Waals surface area contributed by atoms with Crippen LogP contribution >= 0.6 is 0 Å². The smallest absolute Gasteiger partial charge is 0.245 e. The zero-order valence-electron chi connectivity index (χ0n) is 20.9. The number of aryl methyl sites for hydroxylation is 1.